The number of nitrogens with zero attached hydrogens (tertiary/aromatic N) is 1. The van der Waals surface area contributed by atoms with Crippen LogP contribution in [-0.4, -0.2) is 33.5 Å². The van der Waals surface area contributed by atoms with Gasteiger partial charge >= 0.3 is 0 Å². The topological polar surface area (TPSA) is 69.2 Å². The first-order chi connectivity index (χ1) is 10.7. The molecule has 6 nitrogen and oxygen atoms in total. The number of carbonyl (C=O) groups is 1. The summed E-state index contributed by atoms with van der Waals surface area (Å²) in [7, 11) is 4.63. The van der Waals surface area contributed by atoms with Gasteiger partial charge in [-0.3, -0.25) is 4.79 Å². The lowest BCUT2D eigenvalue weighted by molar-refractivity contribution is 0.0959. The van der Waals surface area contributed by atoms with E-state index in [1.165, 1.54) is 31.8 Å². The van der Waals surface area contributed by atoms with Crippen LogP contribution in [-0.2, 0) is 0 Å². The average molecular weight is 320 g/mol. The molecule has 1 aromatic heterocycles. The number of hydrazone groups is 1. The number of rotatable bonds is 6. The molecule has 0 aliphatic heterocycles. The molecule has 0 atom stereocenters. The standard InChI is InChI=1S/C15H16N2O4S/c1-19-10-7-12(20-2)11(13(8-10)21-3)9-16-17-15(18)14-5-4-6-22-14/h4-9H,1-3H3,(H,17,18)/b16-9+. The van der Waals surface area contributed by atoms with Crippen molar-refractivity contribution in [3.8, 4) is 17.2 Å². The molecule has 1 aromatic carbocycles. The van der Waals surface area contributed by atoms with E-state index in [0.29, 0.717) is 27.7 Å². The van der Waals surface area contributed by atoms with Crippen LogP contribution in [0.15, 0.2) is 34.7 Å². The van der Waals surface area contributed by atoms with Crippen LogP contribution in [0.1, 0.15) is 15.2 Å². The third kappa shape index (κ3) is 3.56. The fraction of sp³-hybridized carbons (Fsp3) is 0.200. The van der Waals surface area contributed by atoms with E-state index in [1.54, 1.807) is 31.4 Å². The van der Waals surface area contributed by atoms with Crippen molar-refractivity contribution in [3.05, 3.63) is 40.1 Å². The molecule has 1 N–H and O–H groups in total. The summed E-state index contributed by atoms with van der Waals surface area (Å²) in [5.74, 6) is 1.40. The van der Waals surface area contributed by atoms with Crippen molar-refractivity contribution in [2.24, 2.45) is 5.10 Å². The number of ether oxygens (including phenoxy) is 3. The number of carbonyl (C=O) groups excluding carboxylic acids is 1. The second kappa shape index (κ2) is 7.46. The fourth-order valence-electron chi connectivity index (χ4n) is 1.78. The Labute approximate surface area is 132 Å². The molecule has 0 aliphatic rings. The highest BCUT2D eigenvalue weighted by Gasteiger charge is 2.12. The highest BCUT2D eigenvalue weighted by atomic mass is 32.1. The maximum absolute atomic E-state index is 11.8. The summed E-state index contributed by atoms with van der Waals surface area (Å²) < 4.78 is 15.8. The van der Waals surface area contributed by atoms with Gasteiger partial charge in [-0.1, -0.05) is 6.07 Å². The zero-order valence-electron chi connectivity index (χ0n) is 12.5. The molecule has 0 spiro atoms. The van der Waals surface area contributed by atoms with Gasteiger partial charge in [-0.15, -0.1) is 11.3 Å². The average Bonchev–Trinajstić information content (AvgIpc) is 3.09. The van der Waals surface area contributed by atoms with Gasteiger partial charge in [-0.2, -0.15) is 5.10 Å². The predicted molar refractivity (Wildman–Crippen MR) is 85.5 cm³/mol. The lowest BCUT2D eigenvalue weighted by atomic mass is 10.2. The molecular formula is C15H16N2O4S. The van der Waals surface area contributed by atoms with Crippen LogP contribution in [0.2, 0.25) is 0 Å². The fourth-order valence-corrected chi connectivity index (χ4v) is 2.39. The van der Waals surface area contributed by atoms with Crippen molar-refractivity contribution < 1.29 is 19.0 Å². The number of nitrogens with one attached hydrogen (secondary N) is 1. The Morgan fingerprint density at radius 3 is 2.36 bits per heavy atom. The van der Waals surface area contributed by atoms with E-state index < -0.39 is 0 Å². The van der Waals surface area contributed by atoms with Gasteiger partial charge in [0.15, 0.2) is 0 Å². The van der Waals surface area contributed by atoms with E-state index in [4.69, 9.17) is 14.2 Å². The summed E-state index contributed by atoms with van der Waals surface area (Å²) >= 11 is 1.35. The lowest BCUT2D eigenvalue weighted by Crippen LogP contribution is -2.16. The summed E-state index contributed by atoms with van der Waals surface area (Å²) in [6, 6.07) is 6.96. The second-order valence-electron chi connectivity index (χ2n) is 4.12. The van der Waals surface area contributed by atoms with Crippen LogP contribution in [0.25, 0.3) is 0 Å². The Hall–Kier alpha value is -2.54. The van der Waals surface area contributed by atoms with Crippen LogP contribution in [0.4, 0.5) is 0 Å². The molecule has 2 aromatic rings. The molecule has 0 bridgehead atoms. The molecule has 1 heterocycles. The summed E-state index contributed by atoms with van der Waals surface area (Å²) in [6.07, 6.45) is 1.47. The minimum Gasteiger partial charge on any atom is -0.496 e. The molecule has 0 fully saturated rings. The van der Waals surface area contributed by atoms with Crippen LogP contribution in [0.5, 0.6) is 17.2 Å². The molecule has 0 radical (unpaired) electrons. The van der Waals surface area contributed by atoms with E-state index in [-0.39, 0.29) is 5.91 Å². The Balaban J connectivity index is 2.20. The number of amides is 1. The molecule has 116 valence electrons. The molecule has 0 saturated heterocycles. The van der Waals surface area contributed by atoms with Crippen molar-refractivity contribution in [2.45, 2.75) is 0 Å². The third-order valence-electron chi connectivity index (χ3n) is 2.86. The summed E-state index contributed by atoms with van der Waals surface area (Å²) in [6.45, 7) is 0. The van der Waals surface area contributed by atoms with Crippen molar-refractivity contribution in [1.82, 2.24) is 5.43 Å². The quantitative estimate of drug-likeness (QED) is 0.656. The number of thiophene rings is 1. The van der Waals surface area contributed by atoms with Crippen molar-refractivity contribution in [2.75, 3.05) is 21.3 Å². The molecule has 7 heteroatoms. The largest absolute Gasteiger partial charge is 0.496 e. The lowest BCUT2D eigenvalue weighted by Gasteiger charge is -2.12. The number of benzene rings is 1. The Kier molecular flexibility index (Phi) is 5.37. The molecular weight excluding hydrogens is 304 g/mol. The Morgan fingerprint density at radius 2 is 1.86 bits per heavy atom. The van der Waals surface area contributed by atoms with Crippen molar-refractivity contribution >= 4 is 23.5 Å². The van der Waals surface area contributed by atoms with E-state index in [1.807, 2.05) is 5.38 Å². The van der Waals surface area contributed by atoms with E-state index in [2.05, 4.69) is 10.5 Å². The van der Waals surface area contributed by atoms with Crippen molar-refractivity contribution in [3.63, 3.8) is 0 Å². The minimum atomic E-state index is -0.266. The van der Waals surface area contributed by atoms with E-state index in [9.17, 15) is 4.79 Å². The molecule has 0 saturated carbocycles. The first kappa shape index (κ1) is 15.8. The molecule has 22 heavy (non-hydrogen) atoms. The molecule has 2 rings (SSSR count). The maximum atomic E-state index is 11.8. The predicted octanol–water partition coefficient (Wildman–Crippen LogP) is 2.54. The molecule has 0 aliphatic carbocycles. The first-order valence-corrected chi connectivity index (χ1v) is 7.24. The summed E-state index contributed by atoms with van der Waals surface area (Å²) in [5, 5.41) is 5.78. The van der Waals surface area contributed by atoms with Gasteiger partial charge in [0.05, 0.1) is 38.0 Å². The van der Waals surface area contributed by atoms with Crippen LogP contribution >= 0.6 is 11.3 Å². The summed E-state index contributed by atoms with van der Waals surface area (Å²) in [5.41, 5.74) is 3.07. The van der Waals surface area contributed by atoms with Crippen LogP contribution < -0.4 is 19.6 Å². The number of methoxy groups -OCH3 is 3. The zero-order chi connectivity index (χ0) is 15.9. The van der Waals surface area contributed by atoms with Crippen LogP contribution in [0, 0.1) is 0 Å². The zero-order valence-corrected chi connectivity index (χ0v) is 13.3. The normalized spacial score (nSPS) is 10.5. The third-order valence-corrected chi connectivity index (χ3v) is 3.73. The smallest absolute Gasteiger partial charge is 0.281 e. The maximum Gasteiger partial charge on any atom is 0.281 e. The monoisotopic (exact) mass is 320 g/mol. The van der Waals surface area contributed by atoms with Gasteiger partial charge in [0, 0.05) is 12.1 Å². The van der Waals surface area contributed by atoms with Gasteiger partial charge in [0.25, 0.3) is 5.91 Å². The highest BCUT2D eigenvalue weighted by Crippen LogP contribution is 2.32. The van der Waals surface area contributed by atoms with Crippen molar-refractivity contribution in [1.29, 1.82) is 0 Å². The SMILES string of the molecule is COc1cc(OC)c(/C=N/NC(=O)c2cccs2)c(OC)c1. The number of hydrogen-bond acceptors (Lipinski definition) is 6. The van der Waals surface area contributed by atoms with E-state index >= 15 is 0 Å². The minimum absolute atomic E-state index is 0.266. The van der Waals surface area contributed by atoms with E-state index in [0.717, 1.165) is 0 Å². The first-order valence-electron chi connectivity index (χ1n) is 6.36. The Bertz CT molecular complexity index is 643. The highest BCUT2D eigenvalue weighted by molar-refractivity contribution is 7.12. The van der Waals surface area contributed by atoms with Gasteiger partial charge in [-0.05, 0) is 11.4 Å². The molecule has 1 amide bonds. The van der Waals surface area contributed by atoms with Gasteiger partial charge in [0.1, 0.15) is 17.2 Å². The number of hydrogen-bond donors (Lipinski definition) is 1. The second-order valence-corrected chi connectivity index (χ2v) is 5.07. The van der Waals surface area contributed by atoms with Gasteiger partial charge in [-0.25, -0.2) is 5.43 Å². The van der Waals surface area contributed by atoms with Crippen LogP contribution in [0.3, 0.4) is 0 Å². The Morgan fingerprint density at radius 1 is 1.18 bits per heavy atom. The van der Waals surface area contributed by atoms with Gasteiger partial charge < -0.3 is 14.2 Å². The molecule has 0 unspecified atom stereocenters. The van der Waals surface area contributed by atoms with Gasteiger partial charge in [0.2, 0.25) is 0 Å². The summed E-state index contributed by atoms with van der Waals surface area (Å²) in [4.78, 5) is 12.4.